The molecule has 0 spiro atoms. The molecule has 0 aliphatic heterocycles. The van der Waals surface area contributed by atoms with Crippen molar-refractivity contribution in [1.29, 1.82) is 0 Å². The predicted octanol–water partition coefficient (Wildman–Crippen LogP) is 2.08. The van der Waals surface area contributed by atoms with Crippen LogP contribution in [0.2, 0.25) is 0 Å². The van der Waals surface area contributed by atoms with Crippen LogP contribution in [0.5, 0.6) is 5.88 Å². The van der Waals surface area contributed by atoms with Gasteiger partial charge in [-0.25, -0.2) is 4.98 Å². The van der Waals surface area contributed by atoms with Crippen LogP contribution in [-0.2, 0) is 0 Å². The summed E-state index contributed by atoms with van der Waals surface area (Å²) in [6, 6.07) is 1.84. The van der Waals surface area contributed by atoms with Crippen molar-refractivity contribution >= 4 is 5.95 Å². The van der Waals surface area contributed by atoms with Crippen molar-refractivity contribution < 1.29 is 4.74 Å². The summed E-state index contributed by atoms with van der Waals surface area (Å²) in [4.78, 5) is 8.09. The molecule has 1 aliphatic carbocycles. The standard InChI is InChI=1S/C11H17N3O/c1-8-7-10(14-11(12)13-8)15-9-5-3-2-4-6-9/h7,9H,2-6H2,1H3,(H2,12,13,14). The average molecular weight is 207 g/mol. The summed E-state index contributed by atoms with van der Waals surface area (Å²) in [5.74, 6) is 0.910. The zero-order valence-corrected chi connectivity index (χ0v) is 9.07. The second kappa shape index (κ2) is 4.47. The lowest BCUT2D eigenvalue weighted by molar-refractivity contribution is 0.148. The van der Waals surface area contributed by atoms with Gasteiger partial charge in [-0.15, -0.1) is 0 Å². The molecule has 1 heterocycles. The Labute approximate surface area is 89.9 Å². The lowest BCUT2D eigenvalue weighted by Gasteiger charge is -2.22. The maximum atomic E-state index is 5.79. The Bertz CT molecular complexity index is 314. The molecule has 1 aromatic heterocycles. The lowest BCUT2D eigenvalue weighted by atomic mass is 9.98. The smallest absolute Gasteiger partial charge is 0.223 e. The quantitative estimate of drug-likeness (QED) is 0.806. The first-order valence-corrected chi connectivity index (χ1v) is 5.52. The third-order valence-electron chi connectivity index (χ3n) is 2.69. The van der Waals surface area contributed by atoms with E-state index >= 15 is 0 Å². The molecule has 0 saturated heterocycles. The van der Waals surface area contributed by atoms with Gasteiger partial charge < -0.3 is 10.5 Å². The Morgan fingerprint density at radius 1 is 1.27 bits per heavy atom. The Balaban J connectivity index is 2.02. The van der Waals surface area contributed by atoms with Crippen LogP contribution in [0.3, 0.4) is 0 Å². The molecule has 15 heavy (non-hydrogen) atoms. The van der Waals surface area contributed by atoms with Crippen molar-refractivity contribution in [1.82, 2.24) is 9.97 Å². The molecule has 2 rings (SSSR count). The minimum atomic E-state index is 0.292. The second-order valence-electron chi connectivity index (χ2n) is 4.08. The fourth-order valence-corrected chi connectivity index (χ4v) is 1.98. The summed E-state index contributed by atoms with van der Waals surface area (Å²) in [5.41, 5.74) is 6.42. The summed E-state index contributed by atoms with van der Waals surface area (Å²) in [7, 11) is 0. The maximum absolute atomic E-state index is 5.79. The fraction of sp³-hybridized carbons (Fsp3) is 0.636. The van der Waals surface area contributed by atoms with E-state index in [1.807, 2.05) is 13.0 Å². The number of aryl methyl sites for hydroxylation is 1. The molecule has 1 aromatic rings. The van der Waals surface area contributed by atoms with Gasteiger partial charge in [0.1, 0.15) is 6.10 Å². The van der Waals surface area contributed by atoms with Gasteiger partial charge >= 0.3 is 0 Å². The molecule has 0 radical (unpaired) electrons. The molecule has 4 nitrogen and oxygen atoms in total. The number of ether oxygens (including phenoxy) is 1. The third-order valence-corrected chi connectivity index (χ3v) is 2.69. The van der Waals surface area contributed by atoms with Gasteiger partial charge in [0, 0.05) is 11.8 Å². The van der Waals surface area contributed by atoms with Gasteiger partial charge in [-0.1, -0.05) is 6.42 Å². The normalized spacial score (nSPS) is 17.7. The number of aromatic nitrogens is 2. The number of nitrogens with zero attached hydrogens (tertiary/aromatic N) is 2. The molecule has 0 atom stereocenters. The van der Waals surface area contributed by atoms with E-state index < -0.39 is 0 Å². The van der Waals surface area contributed by atoms with Gasteiger partial charge in [0.05, 0.1) is 0 Å². The monoisotopic (exact) mass is 207 g/mol. The molecule has 1 aliphatic rings. The second-order valence-corrected chi connectivity index (χ2v) is 4.08. The van der Waals surface area contributed by atoms with E-state index in [4.69, 9.17) is 10.5 Å². The number of anilines is 1. The van der Waals surface area contributed by atoms with Crippen molar-refractivity contribution in [2.45, 2.75) is 45.1 Å². The molecule has 1 fully saturated rings. The van der Waals surface area contributed by atoms with E-state index in [9.17, 15) is 0 Å². The molecule has 82 valence electrons. The van der Waals surface area contributed by atoms with E-state index in [0.717, 1.165) is 18.5 Å². The molecule has 4 heteroatoms. The minimum absolute atomic E-state index is 0.292. The van der Waals surface area contributed by atoms with Crippen molar-refractivity contribution in [2.24, 2.45) is 0 Å². The van der Waals surface area contributed by atoms with Gasteiger partial charge in [-0.2, -0.15) is 4.98 Å². The molecule has 0 aromatic carbocycles. The topological polar surface area (TPSA) is 61.0 Å². The highest BCUT2D eigenvalue weighted by Gasteiger charge is 2.15. The number of nitrogen functional groups attached to an aromatic ring is 1. The summed E-state index contributed by atoms with van der Waals surface area (Å²) >= 11 is 0. The molecular formula is C11H17N3O. The molecule has 2 N–H and O–H groups in total. The van der Waals surface area contributed by atoms with Crippen molar-refractivity contribution in [3.8, 4) is 5.88 Å². The highest BCUT2D eigenvalue weighted by Crippen LogP contribution is 2.22. The molecule has 0 unspecified atom stereocenters. The van der Waals surface area contributed by atoms with Crippen LogP contribution in [0.15, 0.2) is 6.07 Å². The van der Waals surface area contributed by atoms with E-state index in [1.54, 1.807) is 0 Å². The van der Waals surface area contributed by atoms with E-state index in [-0.39, 0.29) is 0 Å². The largest absolute Gasteiger partial charge is 0.474 e. The minimum Gasteiger partial charge on any atom is -0.474 e. The molecule has 0 bridgehead atoms. The van der Waals surface area contributed by atoms with Crippen LogP contribution in [0.1, 0.15) is 37.8 Å². The van der Waals surface area contributed by atoms with Gasteiger partial charge in [0.15, 0.2) is 0 Å². The van der Waals surface area contributed by atoms with Crippen LogP contribution in [0.25, 0.3) is 0 Å². The van der Waals surface area contributed by atoms with Crippen molar-refractivity contribution in [3.05, 3.63) is 11.8 Å². The van der Waals surface area contributed by atoms with Crippen LogP contribution in [0, 0.1) is 6.92 Å². The van der Waals surface area contributed by atoms with E-state index in [1.165, 1.54) is 19.3 Å². The highest BCUT2D eigenvalue weighted by molar-refractivity contribution is 5.25. The van der Waals surface area contributed by atoms with Crippen LogP contribution >= 0.6 is 0 Å². The first-order valence-electron chi connectivity index (χ1n) is 5.52. The Hall–Kier alpha value is -1.32. The van der Waals surface area contributed by atoms with Crippen LogP contribution in [-0.4, -0.2) is 16.1 Å². The van der Waals surface area contributed by atoms with Crippen LogP contribution < -0.4 is 10.5 Å². The Morgan fingerprint density at radius 3 is 2.67 bits per heavy atom. The first kappa shape index (κ1) is 10.2. The molecule has 1 saturated carbocycles. The summed E-state index contributed by atoms with van der Waals surface area (Å²) in [6.45, 7) is 1.89. The number of nitrogens with two attached hydrogens (primary N) is 1. The zero-order chi connectivity index (χ0) is 10.7. The summed E-state index contributed by atoms with van der Waals surface area (Å²) < 4.78 is 5.79. The Kier molecular flexibility index (Phi) is 3.04. The number of hydrogen-bond acceptors (Lipinski definition) is 4. The van der Waals surface area contributed by atoms with Crippen molar-refractivity contribution in [3.63, 3.8) is 0 Å². The van der Waals surface area contributed by atoms with Crippen molar-refractivity contribution in [2.75, 3.05) is 5.73 Å². The molecule has 0 amide bonds. The molecular weight excluding hydrogens is 190 g/mol. The maximum Gasteiger partial charge on any atom is 0.223 e. The predicted molar refractivity (Wildman–Crippen MR) is 58.7 cm³/mol. The lowest BCUT2D eigenvalue weighted by Crippen LogP contribution is -2.20. The first-order chi connectivity index (χ1) is 7.24. The average Bonchev–Trinajstić information content (AvgIpc) is 2.17. The highest BCUT2D eigenvalue weighted by atomic mass is 16.5. The van der Waals surface area contributed by atoms with Gasteiger partial charge in [0.25, 0.3) is 0 Å². The zero-order valence-electron chi connectivity index (χ0n) is 9.07. The summed E-state index contributed by atoms with van der Waals surface area (Å²) in [5, 5.41) is 0. The summed E-state index contributed by atoms with van der Waals surface area (Å²) in [6.07, 6.45) is 6.40. The third kappa shape index (κ3) is 2.81. The van der Waals surface area contributed by atoms with Crippen LogP contribution in [0.4, 0.5) is 5.95 Å². The van der Waals surface area contributed by atoms with Gasteiger partial charge in [0.2, 0.25) is 11.8 Å². The Morgan fingerprint density at radius 2 is 2.00 bits per heavy atom. The van der Waals surface area contributed by atoms with Gasteiger partial charge in [-0.05, 0) is 32.6 Å². The van der Waals surface area contributed by atoms with E-state index in [2.05, 4.69) is 9.97 Å². The SMILES string of the molecule is Cc1cc(OC2CCCCC2)nc(N)n1. The number of hydrogen-bond donors (Lipinski definition) is 1. The van der Waals surface area contributed by atoms with Gasteiger partial charge in [-0.3, -0.25) is 0 Å². The fourth-order valence-electron chi connectivity index (χ4n) is 1.98. The van der Waals surface area contributed by atoms with E-state index in [0.29, 0.717) is 17.9 Å². The number of rotatable bonds is 2.